The maximum Gasteiger partial charge on any atom is 0.233 e. The van der Waals surface area contributed by atoms with Crippen molar-refractivity contribution in [3.63, 3.8) is 0 Å². The van der Waals surface area contributed by atoms with E-state index in [2.05, 4.69) is 0 Å². The number of carbonyl (C=O) groups excluding carboxylic acids is 1. The molecule has 0 aromatic heterocycles. The first-order valence-electron chi connectivity index (χ1n) is 2.53. The van der Waals surface area contributed by atoms with Crippen molar-refractivity contribution in [3.8, 4) is 0 Å². The molecule has 44 valence electrons. The van der Waals surface area contributed by atoms with Crippen LogP contribution in [0.2, 0.25) is 0 Å². The van der Waals surface area contributed by atoms with Crippen molar-refractivity contribution in [1.82, 2.24) is 5.73 Å². The van der Waals surface area contributed by atoms with Gasteiger partial charge >= 0.3 is 0 Å². The number of hydrogen-bond donors (Lipinski definition) is 0. The lowest BCUT2D eigenvalue weighted by molar-refractivity contribution is 0.563. The van der Waals surface area contributed by atoms with Gasteiger partial charge in [-0.25, -0.2) is 0 Å². The molecular formula is C7H5NO. The van der Waals surface area contributed by atoms with Crippen molar-refractivity contribution >= 4 is 12.0 Å². The molecule has 2 nitrogen and oxygen atoms in total. The highest BCUT2D eigenvalue weighted by atomic mass is 16.1. The van der Waals surface area contributed by atoms with Gasteiger partial charge < -0.3 is 5.73 Å². The summed E-state index contributed by atoms with van der Waals surface area (Å²) in [7, 11) is 0. The smallest absolute Gasteiger partial charge is 0.233 e. The van der Waals surface area contributed by atoms with Crippen LogP contribution in [0.4, 0.5) is 5.69 Å². The molecule has 0 aliphatic rings. The Bertz CT molecular complexity index is 203. The second-order valence-corrected chi connectivity index (χ2v) is 1.68. The molecule has 0 atom stereocenters. The summed E-state index contributed by atoms with van der Waals surface area (Å²) in [6.07, 6.45) is 1.72. The second-order valence-electron chi connectivity index (χ2n) is 1.68. The molecule has 0 aliphatic heterocycles. The molecule has 1 aromatic carbocycles. The SMILES string of the molecule is [NH]c1ccc([C]=O)cc1. The lowest BCUT2D eigenvalue weighted by Crippen LogP contribution is -1.76. The molecule has 0 fully saturated rings. The van der Waals surface area contributed by atoms with Gasteiger partial charge in [-0.1, -0.05) is 0 Å². The van der Waals surface area contributed by atoms with E-state index in [9.17, 15) is 4.79 Å². The summed E-state index contributed by atoms with van der Waals surface area (Å²) in [5.74, 6) is 0. The van der Waals surface area contributed by atoms with Gasteiger partial charge in [-0.15, -0.1) is 0 Å². The van der Waals surface area contributed by atoms with E-state index >= 15 is 0 Å². The molecule has 0 saturated carbocycles. The van der Waals surface area contributed by atoms with Gasteiger partial charge in [0.2, 0.25) is 6.29 Å². The average Bonchev–Trinajstić information content (AvgIpc) is 1.90. The minimum Gasteiger partial charge on any atom is -0.301 e. The highest BCUT2D eigenvalue weighted by Crippen LogP contribution is 2.03. The Balaban J connectivity index is 3.01. The summed E-state index contributed by atoms with van der Waals surface area (Å²) in [6.45, 7) is 0. The third kappa shape index (κ3) is 1.29. The first-order valence-corrected chi connectivity index (χ1v) is 2.53. The zero-order valence-corrected chi connectivity index (χ0v) is 4.72. The molecule has 0 heterocycles. The number of rotatable bonds is 1. The Labute approximate surface area is 53.3 Å². The van der Waals surface area contributed by atoms with Crippen molar-refractivity contribution in [3.05, 3.63) is 29.8 Å². The van der Waals surface area contributed by atoms with Crippen LogP contribution < -0.4 is 5.73 Å². The Morgan fingerprint density at radius 1 is 1.22 bits per heavy atom. The number of nitrogens with one attached hydrogen (secondary N) is 1. The van der Waals surface area contributed by atoms with E-state index in [1.807, 2.05) is 0 Å². The van der Waals surface area contributed by atoms with Gasteiger partial charge in [0.05, 0.1) is 5.69 Å². The lowest BCUT2D eigenvalue weighted by Gasteiger charge is -1.87. The summed E-state index contributed by atoms with van der Waals surface area (Å²) < 4.78 is 0. The molecule has 2 heteroatoms. The van der Waals surface area contributed by atoms with Crippen LogP contribution in [0.1, 0.15) is 5.56 Å². The maximum atomic E-state index is 9.93. The summed E-state index contributed by atoms with van der Waals surface area (Å²) in [5.41, 5.74) is 7.94. The Kier molecular flexibility index (Phi) is 1.49. The zero-order valence-electron chi connectivity index (χ0n) is 4.72. The fourth-order valence-corrected chi connectivity index (χ4v) is 0.538. The van der Waals surface area contributed by atoms with E-state index in [0.29, 0.717) is 11.3 Å². The summed E-state index contributed by atoms with van der Waals surface area (Å²) in [5, 5.41) is 0. The van der Waals surface area contributed by atoms with Gasteiger partial charge in [0.15, 0.2) is 0 Å². The highest BCUT2D eigenvalue weighted by molar-refractivity contribution is 5.75. The molecule has 0 amide bonds. The van der Waals surface area contributed by atoms with Crippen molar-refractivity contribution in [1.29, 1.82) is 0 Å². The van der Waals surface area contributed by atoms with Crippen LogP contribution in [0.3, 0.4) is 0 Å². The van der Waals surface area contributed by atoms with Crippen LogP contribution in [0.5, 0.6) is 0 Å². The molecule has 0 saturated heterocycles. The molecule has 2 radical (unpaired) electrons. The molecule has 1 N–H and O–H groups in total. The molecular weight excluding hydrogens is 114 g/mol. The lowest BCUT2D eigenvalue weighted by atomic mass is 10.2. The first kappa shape index (κ1) is 5.82. The van der Waals surface area contributed by atoms with Gasteiger partial charge in [-0.05, 0) is 24.3 Å². The fraction of sp³-hybridized carbons (Fsp3) is 0. The van der Waals surface area contributed by atoms with Crippen LogP contribution in [-0.4, -0.2) is 6.29 Å². The van der Waals surface area contributed by atoms with Crippen LogP contribution in [0.25, 0.3) is 0 Å². The van der Waals surface area contributed by atoms with Gasteiger partial charge in [0.25, 0.3) is 0 Å². The Morgan fingerprint density at radius 3 is 2.22 bits per heavy atom. The third-order valence-corrected chi connectivity index (χ3v) is 1.00. The van der Waals surface area contributed by atoms with Crippen LogP contribution in [0, 0.1) is 0 Å². The Morgan fingerprint density at radius 2 is 1.78 bits per heavy atom. The summed E-state index contributed by atoms with van der Waals surface area (Å²) >= 11 is 0. The number of hydrogen-bond acceptors (Lipinski definition) is 1. The summed E-state index contributed by atoms with van der Waals surface area (Å²) in [6, 6.07) is 6.24. The standard InChI is InChI=1S/C7H5NO/c8-7-3-1-6(5-9)2-4-7/h1-4,8H. The molecule has 1 aromatic rings. The van der Waals surface area contributed by atoms with Crippen molar-refractivity contribution in [2.24, 2.45) is 0 Å². The van der Waals surface area contributed by atoms with Gasteiger partial charge in [0.1, 0.15) is 0 Å². The van der Waals surface area contributed by atoms with E-state index in [1.54, 1.807) is 30.6 Å². The molecule has 0 bridgehead atoms. The van der Waals surface area contributed by atoms with E-state index in [-0.39, 0.29) is 0 Å². The predicted octanol–water partition coefficient (Wildman–Crippen LogP) is 1.06. The molecule has 0 unspecified atom stereocenters. The van der Waals surface area contributed by atoms with Gasteiger partial charge in [-0.3, -0.25) is 4.79 Å². The maximum absolute atomic E-state index is 9.93. The number of benzene rings is 1. The largest absolute Gasteiger partial charge is 0.301 e. The average molecular weight is 119 g/mol. The van der Waals surface area contributed by atoms with Crippen LogP contribution in [0.15, 0.2) is 24.3 Å². The third-order valence-electron chi connectivity index (χ3n) is 1.00. The zero-order chi connectivity index (χ0) is 6.69. The molecule has 0 aliphatic carbocycles. The van der Waals surface area contributed by atoms with E-state index in [4.69, 9.17) is 5.73 Å². The molecule has 0 spiro atoms. The quantitative estimate of drug-likeness (QED) is 0.544. The van der Waals surface area contributed by atoms with Crippen molar-refractivity contribution in [2.75, 3.05) is 0 Å². The second kappa shape index (κ2) is 2.31. The monoisotopic (exact) mass is 119 g/mol. The first-order chi connectivity index (χ1) is 4.33. The van der Waals surface area contributed by atoms with Gasteiger partial charge in [0, 0.05) is 5.56 Å². The van der Waals surface area contributed by atoms with E-state index in [0.717, 1.165) is 0 Å². The molecule has 9 heavy (non-hydrogen) atoms. The minimum atomic E-state index is 0.411. The van der Waals surface area contributed by atoms with E-state index in [1.165, 1.54) is 0 Å². The molecule has 1 rings (SSSR count). The fourth-order valence-electron chi connectivity index (χ4n) is 0.538. The predicted molar refractivity (Wildman–Crippen MR) is 34.0 cm³/mol. The minimum absolute atomic E-state index is 0.411. The normalized spacial score (nSPS) is 8.89. The van der Waals surface area contributed by atoms with Crippen LogP contribution >= 0.6 is 0 Å². The van der Waals surface area contributed by atoms with Crippen molar-refractivity contribution in [2.45, 2.75) is 0 Å². The van der Waals surface area contributed by atoms with Gasteiger partial charge in [-0.2, -0.15) is 0 Å². The Hall–Kier alpha value is -1.31. The summed E-state index contributed by atoms with van der Waals surface area (Å²) in [4.78, 5) is 9.93. The van der Waals surface area contributed by atoms with Crippen molar-refractivity contribution < 1.29 is 4.79 Å². The highest BCUT2D eigenvalue weighted by Gasteiger charge is 1.87. The van der Waals surface area contributed by atoms with Crippen LogP contribution in [-0.2, 0) is 4.79 Å². The van der Waals surface area contributed by atoms with E-state index < -0.39 is 0 Å². The topological polar surface area (TPSA) is 40.9 Å².